The van der Waals surface area contributed by atoms with Gasteiger partial charge < -0.3 is 15.2 Å². The Balaban J connectivity index is 1.53. The maximum absolute atomic E-state index is 12.9. The van der Waals surface area contributed by atoms with Gasteiger partial charge in [0.25, 0.3) is 5.91 Å². The number of hydrogen-bond donors (Lipinski definition) is 2. The monoisotopic (exact) mass is 315 g/mol. The van der Waals surface area contributed by atoms with Crippen LogP contribution in [-0.4, -0.2) is 47.8 Å². The smallest absolute Gasteiger partial charge is 0.270 e. The summed E-state index contributed by atoms with van der Waals surface area (Å²) in [5, 5.41) is 3.46. The molecule has 3 heterocycles. The van der Waals surface area contributed by atoms with Crippen molar-refractivity contribution in [3.8, 4) is 0 Å². The molecule has 1 aromatic rings. The fourth-order valence-electron chi connectivity index (χ4n) is 4.55. The van der Waals surface area contributed by atoms with Gasteiger partial charge in [-0.15, -0.1) is 0 Å². The van der Waals surface area contributed by atoms with Gasteiger partial charge in [0.1, 0.15) is 5.69 Å². The number of aromatic nitrogens is 1. The lowest BCUT2D eigenvalue weighted by Crippen LogP contribution is -2.44. The highest BCUT2D eigenvalue weighted by molar-refractivity contribution is 6.04. The minimum absolute atomic E-state index is 0.0745. The van der Waals surface area contributed by atoms with Crippen molar-refractivity contribution >= 4 is 11.7 Å². The van der Waals surface area contributed by atoms with Gasteiger partial charge in [-0.3, -0.25) is 9.59 Å². The molecule has 23 heavy (non-hydrogen) atoms. The molecule has 124 valence electrons. The Morgan fingerprint density at radius 1 is 1.17 bits per heavy atom. The lowest BCUT2D eigenvalue weighted by molar-refractivity contribution is 0.0601. The van der Waals surface area contributed by atoms with Gasteiger partial charge in [-0.25, -0.2) is 0 Å². The van der Waals surface area contributed by atoms with Crippen molar-refractivity contribution < 1.29 is 9.59 Å². The molecule has 4 rings (SSSR count). The van der Waals surface area contributed by atoms with Crippen LogP contribution in [-0.2, 0) is 6.42 Å². The van der Waals surface area contributed by atoms with Crippen LogP contribution in [0, 0.1) is 12.3 Å². The van der Waals surface area contributed by atoms with E-state index in [0.29, 0.717) is 17.5 Å². The molecule has 0 unspecified atom stereocenters. The van der Waals surface area contributed by atoms with Crippen LogP contribution in [0.2, 0.25) is 0 Å². The first-order valence-corrected chi connectivity index (χ1v) is 8.84. The number of amides is 1. The van der Waals surface area contributed by atoms with E-state index in [2.05, 4.69) is 10.3 Å². The minimum Gasteiger partial charge on any atom is -0.354 e. The summed E-state index contributed by atoms with van der Waals surface area (Å²) in [5.41, 5.74) is 3.67. The quantitative estimate of drug-likeness (QED) is 0.834. The zero-order chi connectivity index (χ0) is 16.0. The third kappa shape index (κ3) is 2.42. The highest BCUT2D eigenvalue weighted by Crippen LogP contribution is 2.37. The minimum atomic E-state index is 0.0745. The predicted molar refractivity (Wildman–Crippen MR) is 87.9 cm³/mol. The molecule has 5 nitrogen and oxygen atoms in total. The highest BCUT2D eigenvalue weighted by Gasteiger charge is 2.39. The SMILES string of the molecule is Cc1c(C(=O)N2CCC3(CCNC3)CC2)[nH]c2c1C(=O)CCC2. The number of nitrogens with zero attached hydrogens (tertiary/aromatic N) is 1. The van der Waals surface area contributed by atoms with Crippen molar-refractivity contribution in [2.75, 3.05) is 26.2 Å². The number of fused-ring (bicyclic) bond motifs is 1. The van der Waals surface area contributed by atoms with Gasteiger partial charge in [0.2, 0.25) is 0 Å². The van der Waals surface area contributed by atoms with E-state index in [1.54, 1.807) is 0 Å². The Morgan fingerprint density at radius 2 is 1.96 bits per heavy atom. The first-order chi connectivity index (χ1) is 11.1. The van der Waals surface area contributed by atoms with Gasteiger partial charge in [-0.05, 0) is 56.6 Å². The van der Waals surface area contributed by atoms with Crippen LogP contribution in [0.1, 0.15) is 64.2 Å². The molecule has 0 bridgehead atoms. The van der Waals surface area contributed by atoms with E-state index in [0.717, 1.165) is 68.7 Å². The number of nitrogens with one attached hydrogen (secondary N) is 2. The zero-order valence-electron chi connectivity index (χ0n) is 13.8. The van der Waals surface area contributed by atoms with E-state index in [1.807, 2.05) is 11.8 Å². The van der Waals surface area contributed by atoms with Crippen LogP contribution in [0.25, 0.3) is 0 Å². The molecule has 1 amide bonds. The summed E-state index contributed by atoms with van der Waals surface area (Å²) in [4.78, 5) is 30.3. The maximum Gasteiger partial charge on any atom is 0.270 e. The number of aromatic amines is 1. The van der Waals surface area contributed by atoms with E-state index in [-0.39, 0.29) is 11.7 Å². The van der Waals surface area contributed by atoms with Crippen LogP contribution in [0.15, 0.2) is 0 Å². The van der Waals surface area contributed by atoms with E-state index >= 15 is 0 Å². The molecule has 0 radical (unpaired) electrons. The summed E-state index contributed by atoms with van der Waals surface area (Å²) in [6.07, 6.45) is 5.79. The average molecular weight is 315 g/mol. The average Bonchev–Trinajstić information content (AvgIpc) is 3.14. The van der Waals surface area contributed by atoms with E-state index < -0.39 is 0 Å². The molecule has 5 heteroatoms. The number of ketones is 1. The van der Waals surface area contributed by atoms with Gasteiger partial charge >= 0.3 is 0 Å². The molecular formula is C18H25N3O2. The summed E-state index contributed by atoms with van der Waals surface area (Å²) in [6, 6.07) is 0. The lowest BCUT2D eigenvalue weighted by atomic mass is 9.78. The molecule has 1 aromatic heterocycles. The largest absolute Gasteiger partial charge is 0.354 e. The van der Waals surface area contributed by atoms with Gasteiger partial charge in [0.05, 0.1) is 0 Å². The fourth-order valence-corrected chi connectivity index (χ4v) is 4.55. The first kappa shape index (κ1) is 14.9. The molecule has 2 aliphatic heterocycles. The number of carbonyl (C=O) groups excluding carboxylic acids is 2. The Labute approximate surface area is 136 Å². The van der Waals surface area contributed by atoms with E-state index in [9.17, 15) is 9.59 Å². The molecule has 3 aliphatic rings. The second-order valence-electron chi connectivity index (χ2n) is 7.47. The standard InChI is InChI=1S/C18H25N3O2/c1-12-15-13(3-2-4-14(15)22)20-16(12)17(23)21-9-6-18(7-10-21)5-8-19-11-18/h19-20H,2-11H2,1H3. The molecule has 1 spiro atoms. The number of H-pyrrole nitrogens is 1. The van der Waals surface area contributed by atoms with Crippen LogP contribution in [0.4, 0.5) is 0 Å². The second-order valence-corrected chi connectivity index (χ2v) is 7.47. The topological polar surface area (TPSA) is 65.2 Å². The summed E-state index contributed by atoms with van der Waals surface area (Å²) < 4.78 is 0. The van der Waals surface area contributed by atoms with Gasteiger partial charge in [0, 0.05) is 37.3 Å². The molecule has 1 aliphatic carbocycles. The Morgan fingerprint density at radius 3 is 2.61 bits per heavy atom. The van der Waals surface area contributed by atoms with Crippen molar-refractivity contribution in [1.29, 1.82) is 0 Å². The number of piperidine rings is 1. The number of likely N-dealkylation sites (tertiary alicyclic amines) is 1. The number of rotatable bonds is 1. The maximum atomic E-state index is 12.9. The molecule has 0 aromatic carbocycles. The van der Waals surface area contributed by atoms with Crippen molar-refractivity contribution in [1.82, 2.24) is 15.2 Å². The van der Waals surface area contributed by atoms with Crippen molar-refractivity contribution in [3.05, 3.63) is 22.5 Å². The van der Waals surface area contributed by atoms with Gasteiger partial charge in [-0.1, -0.05) is 0 Å². The number of carbonyl (C=O) groups is 2. The van der Waals surface area contributed by atoms with E-state index in [4.69, 9.17) is 0 Å². The number of Topliss-reactive ketones (excluding diaryl/α,β-unsaturated/α-hetero) is 1. The molecule has 2 N–H and O–H groups in total. The van der Waals surface area contributed by atoms with Crippen LogP contribution >= 0.6 is 0 Å². The Kier molecular flexibility index (Phi) is 3.56. The third-order valence-electron chi connectivity index (χ3n) is 6.09. The van der Waals surface area contributed by atoms with Crippen molar-refractivity contribution in [2.45, 2.75) is 45.4 Å². The molecular weight excluding hydrogens is 290 g/mol. The molecule has 2 saturated heterocycles. The lowest BCUT2D eigenvalue weighted by Gasteiger charge is -2.38. The molecule has 2 fully saturated rings. The fraction of sp³-hybridized carbons (Fsp3) is 0.667. The number of aryl methyl sites for hydroxylation is 1. The normalized spacial score (nSPS) is 23.3. The van der Waals surface area contributed by atoms with Crippen molar-refractivity contribution in [2.24, 2.45) is 5.41 Å². The Hall–Kier alpha value is -1.62. The third-order valence-corrected chi connectivity index (χ3v) is 6.09. The molecule has 0 saturated carbocycles. The summed E-state index contributed by atoms with van der Waals surface area (Å²) >= 11 is 0. The van der Waals surface area contributed by atoms with E-state index in [1.165, 1.54) is 6.42 Å². The predicted octanol–water partition coefficient (Wildman–Crippen LogP) is 2.06. The summed E-state index contributed by atoms with van der Waals surface area (Å²) in [6.45, 7) is 5.78. The van der Waals surface area contributed by atoms with Crippen LogP contribution in [0.3, 0.4) is 0 Å². The van der Waals surface area contributed by atoms with Crippen LogP contribution < -0.4 is 5.32 Å². The zero-order valence-corrected chi connectivity index (χ0v) is 13.8. The van der Waals surface area contributed by atoms with Crippen molar-refractivity contribution in [3.63, 3.8) is 0 Å². The molecule has 0 atom stereocenters. The Bertz CT molecular complexity index is 645. The number of hydrogen-bond acceptors (Lipinski definition) is 3. The van der Waals surface area contributed by atoms with Gasteiger partial charge in [0.15, 0.2) is 5.78 Å². The summed E-state index contributed by atoms with van der Waals surface area (Å²) in [7, 11) is 0. The summed E-state index contributed by atoms with van der Waals surface area (Å²) in [5.74, 6) is 0.263. The highest BCUT2D eigenvalue weighted by atomic mass is 16.2. The van der Waals surface area contributed by atoms with Crippen LogP contribution in [0.5, 0.6) is 0 Å². The second kappa shape index (κ2) is 5.48. The first-order valence-electron chi connectivity index (χ1n) is 8.84. The van der Waals surface area contributed by atoms with Gasteiger partial charge in [-0.2, -0.15) is 0 Å².